The zero-order valence-corrected chi connectivity index (χ0v) is 16.2. The number of aromatic nitrogens is 1. The van der Waals surface area contributed by atoms with Crippen molar-refractivity contribution in [1.82, 2.24) is 9.47 Å². The number of aliphatic carboxylic acids is 1. The summed E-state index contributed by atoms with van der Waals surface area (Å²) >= 11 is 0. The first-order chi connectivity index (χ1) is 12.7. The van der Waals surface area contributed by atoms with Crippen molar-refractivity contribution in [2.75, 3.05) is 26.0 Å². The first-order valence-electron chi connectivity index (χ1n) is 9.03. The fourth-order valence-electron chi connectivity index (χ4n) is 3.04. The van der Waals surface area contributed by atoms with Crippen molar-refractivity contribution in [2.45, 2.75) is 39.7 Å². The van der Waals surface area contributed by atoms with Crippen LogP contribution in [0.5, 0.6) is 0 Å². The zero-order chi connectivity index (χ0) is 20.2. The van der Waals surface area contributed by atoms with Crippen LogP contribution in [0.3, 0.4) is 0 Å². The van der Waals surface area contributed by atoms with Gasteiger partial charge in [-0.15, -0.1) is 0 Å². The number of anilines is 1. The quantitative estimate of drug-likeness (QED) is 0.695. The summed E-state index contributed by atoms with van der Waals surface area (Å²) in [6, 6.07) is 4.94. The van der Waals surface area contributed by atoms with Gasteiger partial charge in [0.2, 0.25) is 5.91 Å². The number of likely N-dealkylation sites (N-methyl/N-ethyl adjacent to an activating group) is 1. The molecule has 1 aromatic carbocycles. The van der Waals surface area contributed by atoms with Gasteiger partial charge in [-0.2, -0.15) is 0 Å². The molecule has 0 aliphatic carbocycles. The van der Waals surface area contributed by atoms with Crippen molar-refractivity contribution in [3.63, 3.8) is 0 Å². The predicted molar refractivity (Wildman–Crippen MR) is 103 cm³/mol. The number of hydrogen-bond acceptors (Lipinski definition) is 5. The summed E-state index contributed by atoms with van der Waals surface area (Å²) in [5, 5.41) is 12.2. The third kappa shape index (κ3) is 4.57. The number of carboxylic acids is 1. The summed E-state index contributed by atoms with van der Waals surface area (Å²) in [6.45, 7) is 4.67. The van der Waals surface area contributed by atoms with E-state index < -0.39 is 17.1 Å². The predicted octanol–water partition coefficient (Wildman–Crippen LogP) is 2.38. The number of carbonyl (C=O) groups excluding carboxylic acids is 1. The second-order valence-corrected chi connectivity index (χ2v) is 7.02. The largest absolute Gasteiger partial charge is 0.481 e. The lowest BCUT2D eigenvalue weighted by atomic mass is 9.79. The Kier molecular flexibility index (Phi) is 6.43. The average Bonchev–Trinajstić information content (AvgIpc) is 2.92. The third-order valence-corrected chi connectivity index (χ3v) is 5.03. The van der Waals surface area contributed by atoms with Crippen molar-refractivity contribution < 1.29 is 19.1 Å². The second-order valence-electron chi connectivity index (χ2n) is 7.02. The van der Waals surface area contributed by atoms with E-state index in [1.54, 1.807) is 32.0 Å². The van der Waals surface area contributed by atoms with E-state index in [0.29, 0.717) is 42.7 Å². The van der Waals surface area contributed by atoms with Crippen molar-refractivity contribution >= 4 is 28.7 Å². The van der Waals surface area contributed by atoms with Crippen LogP contribution in [-0.4, -0.2) is 47.1 Å². The molecule has 0 bridgehead atoms. The average molecular weight is 377 g/mol. The van der Waals surface area contributed by atoms with Crippen molar-refractivity contribution in [3.8, 4) is 0 Å². The maximum atomic E-state index is 12.4. The van der Waals surface area contributed by atoms with Crippen LogP contribution in [0.15, 0.2) is 27.4 Å². The van der Waals surface area contributed by atoms with E-state index in [9.17, 15) is 19.5 Å². The molecule has 0 aliphatic heterocycles. The minimum absolute atomic E-state index is 0.105. The first kappa shape index (κ1) is 20.7. The highest BCUT2D eigenvalue weighted by Crippen LogP contribution is 2.31. The number of benzene rings is 1. The van der Waals surface area contributed by atoms with Gasteiger partial charge in [-0.1, -0.05) is 13.8 Å². The van der Waals surface area contributed by atoms with Crippen LogP contribution in [0.2, 0.25) is 0 Å². The highest BCUT2D eigenvalue weighted by atomic mass is 16.4. The summed E-state index contributed by atoms with van der Waals surface area (Å²) in [5.74, 6) is -1.78. The van der Waals surface area contributed by atoms with Crippen LogP contribution in [0.25, 0.3) is 11.1 Å². The molecular formula is C19H27N3O5. The molecule has 0 radical (unpaired) electrons. The highest BCUT2D eigenvalue weighted by molar-refractivity contribution is 5.95. The molecule has 2 aromatic rings. The number of carboxylic acid groups (broad SMARTS) is 1. The molecule has 8 nitrogen and oxygen atoms in total. The fourth-order valence-corrected chi connectivity index (χ4v) is 3.04. The molecule has 0 saturated carbocycles. The van der Waals surface area contributed by atoms with Crippen LogP contribution in [0.4, 0.5) is 5.69 Å². The van der Waals surface area contributed by atoms with E-state index >= 15 is 0 Å². The van der Waals surface area contributed by atoms with Gasteiger partial charge in [0.05, 0.1) is 10.9 Å². The number of amides is 1. The molecule has 1 aromatic heterocycles. The van der Waals surface area contributed by atoms with Gasteiger partial charge in [-0.05, 0) is 45.1 Å². The minimum Gasteiger partial charge on any atom is -0.481 e. The molecule has 0 atom stereocenters. The SMILES string of the molecule is CCC(CC)(CC(=O)Nc1ccc2oc(=O)n(CCN(C)C)c2c1)C(=O)O. The molecule has 1 amide bonds. The molecule has 1 heterocycles. The van der Waals surface area contributed by atoms with Gasteiger partial charge in [-0.3, -0.25) is 14.2 Å². The number of hydrogen-bond donors (Lipinski definition) is 2. The van der Waals surface area contributed by atoms with Crippen LogP contribution < -0.4 is 11.1 Å². The summed E-state index contributed by atoms with van der Waals surface area (Å²) < 4.78 is 6.76. The molecule has 27 heavy (non-hydrogen) atoms. The van der Waals surface area contributed by atoms with E-state index in [2.05, 4.69) is 5.32 Å². The Morgan fingerprint density at radius 1 is 1.26 bits per heavy atom. The number of oxazole rings is 1. The van der Waals surface area contributed by atoms with Crippen LogP contribution in [-0.2, 0) is 16.1 Å². The van der Waals surface area contributed by atoms with Gasteiger partial charge in [0, 0.05) is 25.2 Å². The Bertz CT molecular complexity index is 877. The van der Waals surface area contributed by atoms with Gasteiger partial charge in [0.15, 0.2) is 5.58 Å². The van der Waals surface area contributed by atoms with E-state index in [1.807, 2.05) is 19.0 Å². The lowest BCUT2D eigenvalue weighted by Crippen LogP contribution is -2.34. The number of nitrogens with zero attached hydrogens (tertiary/aromatic N) is 2. The maximum Gasteiger partial charge on any atom is 0.419 e. The van der Waals surface area contributed by atoms with E-state index in [4.69, 9.17) is 4.42 Å². The van der Waals surface area contributed by atoms with Gasteiger partial charge in [0.1, 0.15) is 0 Å². The molecule has 148 valence electrons. The number of rotatable bonds is 9. The molecule has 2 N–H and O–H groups in total. The second kappa shape index (κ2) is 8.39. The minimum atomic E-state index is -1.07. The molecule has 0 fully saturated rings. The number of fused-ring (bicyclic) bond motifs is 1. The zero-order valence-electron chi connectivity index (χ0n) is 16.2. The lowest BCUT2D eigenvalue weighted by Gasteiger charge is -2.25. The van der Waals surface area contributed by atoms with Gasteiger partial charge in [-0.25, -0.2) is 4.79 Å². The van der Waals surface area contributed by atoms with Gasteiger partial charge >= 0.3 is 11.7 Å². The Labute approximate surface area is 157 Å². The molecule has 2 rings (SSSR count). The maximum absolute atomic E-state index is 12.4. The smallest absolute Gasteiger partial charge is 0.419 e. The third-order valence-electron chi connectivity index (χ3n) is 5.03. The lowest BCUT2D eigenvalue weighted by molar-refractivity contribution is -0.151. The van der Waals surface area contributed by atoms with E-state index in [0.717, 1.165) is 0 Å². The summed E-state index contributed by atoms with van der Waals surface area (Å²) in [4.78, 5) is 38.0. The van der Waals surface area contributed by atoms with Gasteiger partial charge in [0.25, 0.3) is 0 Å². The molecule has 0 aliphatic rings. The van der Waals surface area contributed by atoms with Crippen LogP contribution in [0, 0.1) is 5.41 Å². The topological polar surface area (TPSA) is 105 Å². The molecule has 0 saturated heterocycles. The Morgan fingerprint density at radius 2 is 1.93 bits per heavy atom. The first-order valence-corrected chi connectivity index (χ1v) is 9.03. The molecular weight excluding hydrogens is 350 g/mol. The van der Waals surface area contributed by atoms with Crippen molar-refractivity contribution in [3.05, 3.63) is 28.7 Å². The summed E-state index contributed by atoms with van der Waals surface area (Å²) in [6.07, 6.45) is 0.639. The normalized spacial score (nSPS) is 11.9. The highest BCUT2D eigenvalue weighted by Gasteiger charge is 2.37. The number of nitrogens with one attached hydrogen (secondary N) is 1. The van der Waals surface area contributed by atoms with Crippen molar-refractivity contribution in [1.29, 1.82) is 0 Å². The van der Waals surface area contributed by atoms with Crippen molar-refractivity contribution in [2.24, 2.45) is 5.41 Å². The van der Waals surface area contributed by atoms with E-state index in [-0.39, 0.29) is 12.3 Å². The Morgan fingerprint density at radius 3 is 2.48 bits per heavy atom. The van der Waals surface area contributed by atoms with Crippen LogP contribution in [0.1, 0.15) is 33.1 Å². The molecule has 8 heteroatoms. The summed E-state index contributed by atoms with van der Waals surface area (Å²) in [7, 11) is 3.82. The Balaban J connectivity index is 2.24. The van der Waals surface area contributed by atoms with E-state index in [1.165, 1.54) is 4.57 Å². The summed E-state index contributed by atoms with van der Waals surface area (Å²) in [5.41, 5.74) is 0.463. The molecule has 0 unspecified atom stereocenters. The van der Waals surface area contributed by atoms with Gasteiger partial charge < -0.3 is 19.7 Å². The van der Waals surface area contributed by atoms with Crippen LogP contribution >= 0.6 is 0 Å². The fraction of sp³-hybridized carbons (Fsp3) is 0.526. The Hall–Kier alpha value is -2.61. The monoisotopic (exact) mass is 377 g/mol. The molecule has 0 spiro atoms. The number of carbonyl (C=O) groups is 2. The standard InChI is InChI=1S/C19H27N3O5/c1-5-19(6-2,17(24)25)12-16(23)20-13-7-8-15-14(11-13)22(18(26)27-15)10-9-21(3)4/h7-8,11H,5-6,9-10,12H2,1-4H3,(H,20,23)(H,24,25).